The van der Waals surface area contributed by atoms with Crippen LogP contribution in [0.2, 0.25) is 0 Å². The second-order valence-corrected chi connectivity index (χ2v) is 6.75. The summed E-state index contributed by atoms with van der Waals surface area (Å²) >= 11 is 0. The van der Waals surface area contributed by atoms with E-state index in [1.54, 1.807) is 0 Å². The molecule has 0 unspecified atom stereocenters. The van der Waals surface area contributed by atoms with Crippen molar-refractivity contribution in [3.8, 4) is 0 Å². The van der Waals surface area contributed by atoms with Gasteiger partial charge in [-0.15, -0.1) is 0 Å². The largest absolute Gasteiger partial charge is 0.0985 e. The Bertz CT molecular complexity index is 783. The Morgan fingerprint density at radius 3 is 2.17 bits per heavy atom. The van der Waals surface area contributed by atoms with Gasteiger partial charge in [-0.1, -0.05) is 72.8 Å². The van der Waals surface area contributed by atoms with E-state index in [0.29, 0.717) is 0 Å². The summed E-state index contributed by atoms with van der Waals surface area (Å²) in [6, 6.07) is 15.5. The molecule has 0 heteroatoms. The van der Waals surface area contributed by atoms with Gasteiger partial charge in [0.2, 0.25) is 0 Å². The molecule has 0 heterocycles. The van der Waals surface area contributed by atoms with E-state index in [9.17, 15) is 0 Å². The minimum Gasteiger partial charge on any atom is -0.0985 e. The number of benzene rings is 2. The molecule has 0 aromatic heterocycles. The lowest BCUT2D eigenvalue weighted by atomic mass is 9.93. The van der Waals surface area contributed by atoms with E-state index < -0.39 is 0 Å². The maximum atomic E-state index is 4.14. The number of hydrogen-bond donors (Lipinski definition) is 0. The van der Waals surface area contributed by atoms with Crippen LogP contribution in [0.25, 0.3) is 11.6 Å². The third kappa shape index (κ3) is 4.35. The molecule has 0 nitrogen and oxygen atoms in total. The summed E-state index contributed by atoms with van der Waals surface area (Å²) in [4.78, 5) is 0. The second-order valence-electron chi connectivity index (χ2n) is 6.75. The van der Waals surface area contributed by atoms with Crippen molar-refractivity contribution in [2.45, 2.75) is 40.5 Å². The van der Waals surface area contributed by atoms with Gasteiger partial charge in [-0.05, 0) is 73.9 Å². The SMILES string of the molecule is C=Cc1ccc(CCc2cccc(C(C(=C)C)=C(C)C)c2)cc1C. The highest BCUT2D eigenvalue weighted by Gasteiger charge is 2.06. The molecule has 2 aromatic carbocycles. The Hall–Kier alpha value is -2.34. The molecule has 0 fully saturated rings. The first kappa shape index (κ1) is 18.0. The number of rotatable bonds is 6. The summed E-state index contributed by atoms with van der Waals surface area (Å²) in [7, 11) is 0. The second kappa shape index (κ2) is 7.97. The predicted octanol–water partition coefficient (Wildman–Crippen LogP) is 6.79. The van der Waals surface area contributed by atoms with Crippen LogP contribution in [0.1, 0.15) is 48.6 Å². The molecule has 0 aliphatic rings. The van der Waals surface area contributed by atoms with Crippen molar-refractivity contribution < 1.29 is 0 Å². The smallest absolute Gasteiger partial charge is 0.0174 e. The van der Waals surface area contributed by atoms with Gasteiger partial charge in [-0.2, -0.15) is 0 Å². The fourth-order valence-electron chi connectivity index (χ4n) is 3.26. The van der Waals surface area contributed by atoms with Crippen LogP contribution in [0, 0.1) is 6.92 Å². The fourth-order valence-corrected chi connectivity index (χ4v) is 3.26. The van der Waals surface area contributed by atoms with Crippen molar-refractivity contribution >= 4 is 11.6 Å². The summed E-state index contributed by atoms with van der Waals surface area (Å²) in [5.74, 6) is 0. The van der Waals surface area contributed by atoms with Crippen LogP contribution in [-0.4, -0.2) is 0 Å². The van der Waals surface area contributed by atoms with Crippen molar-refractivity contribution in [3.63, 3.8) is 0 Å². The van der Waals surface area contributed by atoms with Gasteiger partial charge in [0.1, 0.15) is 0 Å². The molecule has 2 rings (SSSR count). The van der Waals surface area contributed by atoms with Crippen molar-refractivity contribution in [3.05, 3.63) is 94.6 Å². The van der Waals surface area contributed by atoms with Crippen LogP contribution in [-0.2, 0) is 12.8 Å². The zero-order valence-electron chi connectivity index (χ0n) is 15.4. The topological polar surface area (TPSA) is 0 Å². The maximum absolute atomic E-state index is 4.14. The molecule has 0 bridgehead atoms. The first-order valence-electron chi connectivity index (χ1n) is 8.57. The molecule has 124 valence electrons. The maximum Gasteiger partial charge on any atom is -0.0174 e. The summed E-state index contributed by atoms with van der Waals surface area (Å²) in [5.41, 5.74) is 10.3. The van der Waals surface area contributed by atoms with Crippen LogP contribution in [0.15, 0.2) is 66.8 Å². The van der Waals surface area contributed by atoms with E-state index in [0.717, 1.165) is 18.4 Å². The molecule has 0 saturated carbocycles. The fraction of sp³-hybridized carbons (Fsp3) is 0.250. The van der Waals surface area contributed by atoms with Crippen LogP contribution in [0.4, 0.5) is 0 Å². The van der Waals surface area contributed by atoms with Gasteiger partial charge in [0.25, 0.3) is 0 Å². The van der Waals surface area contributed by atoms with Gasteiger partial charge >= 0.3 is 0 Å². The minimum absolute atomic E-state index is 1.05. The third-order valence-electron chi connectivity index (χ3n) is 4.40. The monoisotopic (exact) mass is 316 g/mol. The number of aryl methyl sites for hydroxylation is 3. The van der Waals surface area contributed by atoms with Crippen molar-refractivity contribution in [2.24, 2.45) is 0 Å². The molecule has 0 atom stereocenters. The van der Waals surface area contributed by atoms with Crippen LogP contribution in [0.5, 0.6) is 0 Å². The molecule has 0 aliphatic carbocycles. The summed E-state index contributed by atoms with van der Waals surface area (Å²) in [6.45, 7) is 16.5. The molecular formula is C24H28. The minimum atomic E-state index is 1.05. The Balaban J connectivity index is 2.18. The van der Waals surface area contributed by atoms with Gasteiger partial charge < -0.3 is 0 Å². The predicted molar refractivity (Wildman–Crippen MR) is 108 cm³/mol. The van der Waals surface area contributed by atoms with Gasteiger partial charge in [0, 0.05) is 0 Å². The highest BCUT2D eigenvalue weighted by atomic mass is 14.1. The third-order valence-corrected chi connectivity index (χ3v) is 4.40. The Kier molecular flexibility index (Phi) is 5.98. The Morgan fingerprint density at radius 2 is 1.62 bits per heavy atom. The average molecular weight is 316 g/mol. The van der Waals surface area contributed by atoms with Crippen molar-refractivity contribution in [1.29, 1.82) is 0 Å². The van der Waals surface area contributed by atoms with E-state index >= 15 is 0 Å². The van der Waals surface area contributed by atoms with Gasteiger partial charge in [-0.3, -0.25) is 0 Å². The first-order valence-corrected chi connectivity index (χ1v) is 8.57. The number of allylic oxidation sites excluding steroid dienone is 3. The van der Waals surface area contributed by atoms with Gasteiger partial charge in [0.05, 0.1) is 0 Å². The molecule has 0 saturated heterocycles. The highest BCUT2D eigenvalue weighted by molar-refractivity contribution is 5.80. The summed E-state index contributed by atoms with van der Waals surface area (Å²) in [6.07, 6.45) is 4.02. The van der Waals surface area contributed by atoms with Crippen molar-refractivity contribution in [1.82, 2.24) is 0 Å². The lowest BCUT2D eigenvalue weighted by molar-refractivity contribution is 0.957. The van der Waals surface area contributed by atoms with E-state index in [4.69, 9.17) is 0 Å². The van der Waals surface area contributed by atoms with E-state index in [-0.39, 0.29) is 0 Å². The molecular weight excluding hydrogens is 288 g/mol. The van der Waals surface area contributed by atoms with Gasteiger partial charge in [0.15, 0.2) is 0 Å². The molecule has 24 heavy (non-hydrogen) atoms. The lowest BCUT2D eigenvalue weighted by Crippen LogP contribution is -1.95. The standard InChI is InChI=1S/C24H28/c1-7-22-14-13-21(15-19(22)6)12-11-20-9-8-10-23(16-20)24(17(2)3)18(4)5/h7-10,13-16H,1-2,11-12H2,3-6H3. The Labute approximate surface area is 147 Å². The van der Waals surface area contributed by atoms with E-state index in [2.05, 4.69) is 83.3 Å². The van der Waals surface area contributed by atoms with Crippen LogP contribution in [0.3, 0.4) is 0 Å². The normalized spacial score (nSPS) is 10.3. The lowest BCUT2D eigenvalue weighted by Gasteiger charge is -2.12. The quantitative estimate of drug-likeness (QED) is 0.514. The van der Waals surface area contributed by atoms with Crippen LogP contribution >= 0.6 is 0 Å². The molecule has 2 aromatic rings. The molecule has 0 N–H and O–H groups in total. The highest BCUT2D eigenvalue weighted by Crippen LogP contribution is 2.26. The zero-order valence-corrected chi connectivity index (χ0v) is 15.4. The molecule has 0 aliphatic heterocycles. The van der Waals surface area contributed by atoms with Crippen molar-refractivity contribution in [2.75, 3.05) is 0 Å². The summed E-state index contributed by atoms with van der Waals surface area (Å²) in [5, 5.41) is 0. The molecule has 0 amide bonds. The van der Waals surface area contributed by atoms with Gasteiger partial charge in [-0.25, -0.2) is 0 Å². The van der Waals surface area contributed by atoms with Crippen LogP contribution < -0.4 is 0 Å². The first-order chi connectivity index (χ1) is 11.4. The van der Waals surface area contributed by atoms with E-state index in [1.165, 1.54) is 39.0 Å². The molecule has 0 radical (unpaired) electrons. The number of hydrogen-bond acceptors (Lipinski definition) is 0. The Morgan fingerprint density at radius 1 is 0.958 bits per heavy atom. The average Bonchev–Trinajstić information content (AvgIpc) is 2.53. The molecule has 0 spiro atoms. The zero-order chi connectivity index (χ0) is 17.7. The van der Waals surface area contributed by atoms with E-state index in [1.807, 2.05) is 6.08 Å². The summed E-state index contributed by atoms with van der Waals surface area (Å²) < 4.78 is 0.